The van der Waals surface area contributed by atoms with Crippen LogP contribution in [0.4, 0.5) is 10.1 Å². The summed E-state index contributed by atoms with van der Waals surface area (Å²) in [6.07, 6.45) is 0.324. The fraction of sp³-hybridized carbons (Fsp3) is 0.167. The van der Waals surface area contributed by atoms with Crippen molar-refractivity contribution in [1.29, 1.82) is 0 Å². The van der Waals surface area contributed by atoms with Crippen LogP contribution < -0.4 is 10.1 Å². The van der Waals surface area contributed by atoms with Crippen LogP contribution in [0.1, 0.15) is 12.3 Å². The number of benzene rings is 2. The van der Waals surface area contributed by atoms with Gasteiger partial charge >= 0.3 is 0 Å². The second-order valence-corrected chi connectivity index (χ2v) is 5.81. The standard InChI is InChI=1S/C18H15ClFN3O3/c1-25-15-7-6-11(19)10-14(15)21-16(24)8-9-17-22-23-18(26-17)12-4-2-3-5-13(12)20/h2-7,10H,8-9H2,1H3,(H,21,24). The van der Waals surface area contributed by atoms with E-state index in [4.69, 9.17) is 20.8 Å². The van der Waals surface area contributed by atoms with E-state index >= 15 is 0 Å². The summed E-state index contributed by atoms with van der Waals surface area (Å²) < 4.78 is 24.3. The van der Waals surface area contributed by atoms with E-state index in [2.05, 4.69) is 15.5 Å². The van der Waals surface area contributed by atoms with Gasteiger partial charge in [-0.1, -0.05) is 23.7 Å². The molecule has 1 N–H and O–H groups in total. The smallest absolute Gasteiger partial charge is 0.250 e. The molecular formula is C18H15ClFN3O3. The third kappa shape index (κ3) is 4.18. The van der Waals surface area contributed by atoms with Crippen LogP contribution in [-0.4, -0.2) is 23.2 Å². The molecule has 1 heterocycles. The number of anilines is 1. The molecule has 3 rings (SSSR count). The Labute approximate surface area is 154 Å². The van der Waals surface area contributed by atoms with Crippen molar-refractivity contribution in [2.75, 3.05) is 12.4 Å². The molecule has 6 nitrogen and oxygen atoms in total. The van der Waals surface area contributed by atoms with Gasteiger partial charge in [-0.25, -0.2) is 4.39 Å². The number of rotatable bonds is 6. The molecular weight excluding hydrogens is 361 g/mol. The molecule has 1 aromatic heterocycles. The number of carbonyl (C=O) groups is 1. The van der Waals surface area contributed by atoms with Crippen LogP contribution in [-0.2, 0) is 11.2 Å². The van der Waals surface area contributed by atoms with Gasteiger partial charge in [-0.05, 0) is 30.3 Å². The van der Waals surface area contributed by atoms with Crippen molar-refractivity contribution in [2.24, 2.45) is 0 Å². The largest absolute Gasteiger partial charge is 0.495 e. The molecule has 3 aromatic rings. The maximum absolute atomic E-state index is 13.7. The highest BCUT2D eigenvalue weighted by Gasteiger charge is 2.14. The van der Waals surface area contributed by atoms with E-state index in [1.54, 1.807) is 36.4 Å². The molecule has 2 aromatic carbocycles. The zero-order valence-electron chi connectivity index (χ0n) is 13.8. The summed E-state index contributed by atoms with van der Waals surface area (Å²) in [7, 11) is 1.50. The zero-order chi connectivity index (χ0) is 18.5. The van der Waals surface area contributed by atoms with E-state index in [1.807, 2.05) is 0 Å². The first-order valence-electron chi connectivity index (χ1n) is 7.77. The van der Waals surface area contributed by atoms with Gasteiger partial charge in [0.05, 0.1) is 18.4 Å². The Kier molecular flexibility index (Phi) is 5.48. The number of ether oxygens (including phenoxy) is 1. The Morgan fingerprint density at radius 3 is 2.85 bits per heavy atom. The summed E-state index contributed by atoms with van der Waals surface area (Å²) in [5.41, 5.74) is 0.696. The average molecular weight is 376 g/mol. The van der Waals surface area contributed by atoms with Crippen molar-refractivity contribution in [3.63, 3.8) is 0 Å². The average Bonchev–Trinajstić information content (AvgIpc) is 3.09. The number of hydrogen-bond acceptors (Lipinski definition) is 5. The van der Waals surface area contributed by atoms with E-state index < -0.39 is 5.82 Å². The number of hydrogen-bond donors (Lipinski definition) is 1. The topological polar surface area (TPSA) is 77.2 Å². The van der Waals surface area contributed by atoms with Crippen molar-refractivity contribution in [3.8, 4) is 17.2 Å². The van der Waals surface area contributed by atoms with E-state index in [1.165, 1.54) is 13.2 Å². The van der Waals surface area contributed by atoms with Crippen molar-refractivity contribution in [1.82, 2.24) is 10.2 Å². The molecule has 0 unspecified atom stereocenters. The summed E-state index contributed by atoms with van der Waals surface area (Å²) in [6, 6.07) is 11.0. The number of aryl methyl sites for hydroxylation is 1. The summed E-state index contributed by atoms with van der Waals surface area (Å²) in [6.45, 7) is 0. The molecule has 134 valence electrons. The van der Waals surface area contributed by atoms with Crippen LogP contribution in [0.5, 0.6) is 5.75 Å². The van der Waals surface area contributed by atoms with E-state index in [9.17, 15) is 9.18 Å². The molecule has 0 bridgehead atoms. The van der Waals surface area contributed by atoms with Crippen molar-refractivity contribution >= 4 is 23.2 Å². The fourth-order valence-corrected chi connectivity index (χ4v) is 2.48. The molecule has 0 aliphatic carbocycles. The second kappa shape index (κ2) is 7.97. The Balaban J connectivity index is 1.62. The lowest BCUT2D eigenvalue weighted by atomic mass is 10.2. The molecule has 8 heteroatoms. The minimum Gasteiger partial charge on any atom is -0.495 e. The van der Waals surface area contributed by atoms with Gasteiger partial charge in [0.25, 0.3) is 5.89 Å². The number of nitrogens with one attached hydrogen (secondary N) is 1. The predicted molar refractivity (Wildman–Crippen MR) is 94.6 cm³/mol. The van der Waals surface area contributed by atoms with Gasteiger partial charge in [0, 0.05) is 17.9 Å². The molecule has 0 aliphatic rings. The van der Waals surface area contributed by atoms with E-state index in [0.29, 0.717) is 16.5 Å². The molecule has 0 aliphatic heterocycles. The third-order valence-electron chi connectivity index (χ3n) is 3.57. The summed E-state index contributed by atoms with van der Waals surface area (Å²) in [5.74, 6) is 0.110. The lowest BCUT2D eigenvalue weighted by Gasteiger charge is -2.10. The second-order valence-electron chi connectivity index (χ2n) is 5.37. The Morgan fingerprint density at radius 2 is 2.08 bits per heavy atom. The van der Waals surface area contributed by atoms with Crippen LogP contribution in [0, 0.1) is 5.82 Å². The SMILES string of the molecule is COc1ccc(Cl)cc1NC(=O)CCc1nnc(-c2ccccc2F)o1. The molecule has 0 radical (unpaired) electrons. The zero-order valence-corrected chi connectivity index (χ0v) is 14.6. The highest BCUT2D eigenvalue weighted by atomic mass is 35.5. The van der Waals surface area contributed by atoms with Gasteiger partial charge in [0.15, 0.2) is 0 Å². The summed E-state index contributed by atoms with van der Waals surface area (Å²) in [5, 5.41) is 10.9. The quantitative estimate of drug-likeness (QED) is 0.701. The first-order valence-corrected chi connectivity index (χ1v) is 8.15. The number of carbonyl (C=O) groups excluding carboxylic acids is 1. The first kappa shape index (κ1) is 17.9. The lowest BCUT2D eigenvalue weighted by Crippen LogP contribution is -2.13. The fourth-order valence-electron chi connectivity index (χ4n) is 2.31. The summed E-state index contributed by atoms with van der Waals surface area (Å²) in [4.78, 5) is 12.1. The molecule has 0 fully saturated rings. The number of aromatic nitrogens is 2. The van der Waals surface area contributed by atoms with Gasteiger partial charge in [-0.2, -0.15) is 0 Å². The number of amides is 1. The molecule has 0 saturated heterocycles. The number of halogens is 2. The van der Waals surface area contributed by atoms with Gasteiger partial charge in [-0.3, -0.25) is 4.79 Å². The maximum Gasteiger partial charge on any atom is 0.250 e. The Morgan fingerprint density at radius 1 is 1.27 bits per heavy atom. The van der Waals surface area contributed by atoms with Crippen molar-refractivity contribution < 1.29 is 18.3 Å². The lowest BCUT2D eigenvalue weighted by molar-refractivity contribution is -0.116. The maximum atomic E-state index is 13.7. The van der Waals surface area contributed by atoms with Crippen molar-refractivity contribution in [3.05, 3.63) is 59.2 Å². The monoisotopic (exact) mass is 375 g/mol. The first-order chi connectivity index (χ1) is 12.6. The predicted octanol–water partition coefficient (Wildman–Crippen LogP) is 4.11. The normalized spacial score (nSPS) is 10.6. The van der Waals surface area contributed by atoms with Crippen molar-refractivity contribution in [2.45, 2.75) is 12.8 Å². The Hall–Kier alpha value is -2.93. The number of nitrogens with zero attached hydrogens (tertiary/aromatic N) is 2. The third-order valence-corrected chi connectivity index (χ3v) is 3.81. The molecule has 0 saturated carbocycles. The van der Waals surface area contributed by atoms with Crippen LogP contribution >= 0.6 is 11.6 Å². The van der Waals surface area contributed by atoms with Crippen LogP contribution in [0.2, 0.25) is 5.02 Å². The Bertz CT molecular complexity index is 930. The van der Waals surface area contributed by atoms with Crippen LogP contribution in [0.15, 0.2) is 46.9 Å². The van der Waals surface area contributed by atoms with Gasteiger partial charge < -0.3 is 14.5 Å². The minimum absolute atomic E-state index is 0.0787. The van der Waals surface area contributed by atoms with E-state index in [0.717, 1.165) is 0 Å². The molecule has 0 atom stereocenters. The number of methoxy groups -OCH3 is 1. The van der Waals surface area contributed by atoms with E-state index in [-0.39, 0.29) is 36.1 Å². The summed E-state index contributed by atoms with van der Waals surface area (Å²) >= 11 is 5.93. The van der Waals surface area contributed by atoms with Crippen LogP contribution in [0.25, 0.3) is 11.5 Å². The van der Waals surface area contributed by atoms with Crippen LogP contribution in [0.3, 0.4) is 0 Å². The molecule has 0 spiro atoms. The minimum atomic E-state index is -0.450. The van der Waals surface area contributed by atoms with Gasteiger partial charge in [-0.15, -0.1) is 10.2 Å². The molecule has 26 heavy (non-hydrogen) atoms. The molecule has 1 amide bonds. The van der Waals surface area contributed by atoms with Gasteiger partial charge in [0.1, 0.15) is 11.6 Å². The van der Waals surface area contributed by atoms with Gasteiger partial charge in [0.2, 0.25) is 11.8 Å². The highest BCUT2D eigenvalue weighted by Crippen LogP contribution is 2.28. The highest BCUT2D eigenvalue weighted by molar-refractivity contribution is 6.31.